The lowest BCUT2D eigenvalue weighted by atomic mass is 9.97. The molecule has 0 aromatic heterocycles. The Bertz CT molecular complexity index is 1040. The molecule has 0 aliphatic carbocycles. The molecule has 28 heavy (non-hydrogen) atoms. The standard InChI is InChI=1S/C23H22F2N2O/c1-15-7-5-8-16-19(26-20-10-6-9-18(24)22(20)25)12-11-17(21(15)16)23(28)27-13-3-2-4-14-27/h5-12,26H,2-4,13-14H2,1H3. The van der Waals surface area contributed by atoms with Crippen molar-refractivity contribution in [3.63, 3.8) is 0 Å². The smallest absolute Gasteiger partial charge is 0.254 e. The molecule has 1 amide bonds. The number of likely N-dealkylation sites (tertiary alicyclic amines) is 1. The maximum atomic E-state index is 14.1. The van der Waals surface area contributed by atoms with Crippen LogP contribution in [0.3, 0.4) is 0 Å². The lowest BCUT2D eigenvalue weighted by Crippen LogP contribution is -2.35. The van der Waals surface area contributed by atoms with Crippen LogP contribution < -0.4 is 5.32 Å². The Morgan fingerprint density at radius 2 is 1.68 bits per heavy atom. The number of halogens is 2. The van der Waals surface area contributed by atoms with E-state index >= 15 is 0 Å². The molecule has 144 valence electrons. The Morgan fingerprint density at radius 1 is 0.929 bits per heavy atom. The second-order valence-corrected chi connectivity index (χ2v) is 7.24. The van der Waals surface area contributed by atoms with E-state index in [-0.39, 0.29) is 11.6 Å². The van der Waals surface area contributed by atoms with Gasteiger partial charge in [-0.25, -0.2) is 8.78 Å². The lowest BCUT2D eigenvalue weighted by Gasteiger charge is -2.27. The van der Waals surface area contributed by atoms with E-state index in [0.717, 1.165) is 54.8 Å². The third kappa shape index (κ3) is 3.33. The van der Waals surface area contributed by atoms with Gasteiger partial charge >= 0.3 is 0 Å². The van der Waals surface area contributed by atoms with Crippen LogP contribution in [0, 0.1) is 18.6 Å². The molecule has 0 radical (unpaired) electrons. The third-order valence-electron chi connectivity index (χ3n) is 5.34. The van der Waals surface area contributed by atoms with Gasteiger partial charge in [-0.2, -0.15) is 0 Å². The van der Waals surface area contributed by atoms with Crippen molar-refractivity contribution in [2.75, 3.05) is 18.4 Å². The first-order valence-electron chi connectivity index (χ1n) is 9.59. The number of piperidine rings is 1. The third-order valence-corrected chi connectivity index (χ3v) is 5.34. The van der Waals surface area contributed by atoms with Gasteiger partial charge in [0.1, 0.15) is 0 Å². The summed E-state index contributed by atoms with van der Waals surface area (Å²) in [6.07, 6.45) is 3.22. The van der Waals surface area contributed by atoms with E-state index in [2.05, 4.69) is 5.32 Å². The molecule has 0 bridgehead atoms. The highest BCUT2D eigenvalue weighted by atomic mass is 19.2. The number of nitrogens with one attached hydrogen (secondary N) is 1. The fourth-order valence-corrected chi connectivity index (χ4v) is 3.89. The van der Waals surface area contributed by atoms with E-state index in [1.165, 1.54) is 12.1 Å². The zero-order chi connectivity index (χ0) is 19.7. The summed E-state index contributed by atoms with van der Waals surface area (Å²) in [7, 11) is 0. The highest BCUT2D eigenvalue weighted by Crippen LogP contribution is 2.33. The van der Waals surface area contributed by atoms with Crippen molar-refractivity contribution in [3.8, 4) is 0 Å². The summed E-state index contributed by atoms with van der Waals surface area (Å²) in [5.74, 6) is -1.79. The fraction of sp³-hybridized carbons (Fsp3) is 0.261. The minimum Gasteiger partial charge on any atom is -0.353 e. The molecule has 0 spiro atoms. The lowest BCUT2D eigenvalue weighted by molar-refractivity contribution is 0.0726. The molecule has 0 atom stereocenters. The zero-order valence-electron chi connectivity index (χ0n) is 15.8. The molecule has 5 heteroatoms. The SMILES string of the molecule is Cc1cccc2c(Nc3cccc(F)c3F)ccc(C(=O)N3CCCCC3)c12. The number of carbonyl (C=O) groups excluding carboxylic acids is 1. The van der Waals surface area contributed by atoms with Crippen molar-refractivity contribution in [2.45, 2.75) is 26.2 Å². The molecule has 3 aromatic rings. The van der Waals surface area contributed by atoms with Gasteiger partial charge < -0.3 is 10.2 Å². The fourth-order valence-electron chi connectivity index (χ4n) is 3.89. The van der Waals surface area contributed by atoms with Crippen LogP contribution in [-0.2, 0) is 0 Å². The average Bonchev–Trinajstić information content (AvgIpc) is 2.72. The van der Waals surface area contributed by atoms with Gasteiger partial charge in [-0.1, -0.05) is 24.3 Å². The zero-order valence-corrected chi connectivity index (χ0v) is 15.8. The van der Waals surface area contributed by atoms with Gasteiger partial charge in [0.05, 0.1) is 5.69 Å². The largest absolute Gasteiger partial charge is 0.353 e. The molecule has 0 saturated carbocycles. The van der Waals surface area contributed by atoms with Crippen LogP contribution in [-0.4, -0.2) is 23.9 Å². The number of aryl methyl sites for hydroxylation is 1. The van der Waals surface area contributed by atoms with Gasteiger partial charge in [-0.15, -0.1) is 0 Å². The molecule has 4 rings (SSSR count). The van der Waals surface area contributed by atoms with Crippen LogP contribution in [0.15, 0.2) is 48.5 Å². The van der Waals surface area contributed by atoms with E-state index in [0.29, 0.717) is 11.3 Å². The van der Waals surface area contributed by atoms with E-state index in [1.54, 1.807) is 12.1 Å². The number of hydrogen-bond acceptors (Lipinski definition) is 2. The number of rotatable bonds is 3. The van der Waals surface area contributed by atoms with Gasteiger partial charge in [-0.05, 0) is 61.4 Å². The van der Waals surface area contributed by atoms with Crippen molar-refractivity contribution in [3.05, 3.63) is 71.3 Å². The van der Waals surface area contributed by atoms with Crippen molar-refractivity contribution in [2.24, 2.45) is 0 Å². The normalized spacial score (nSPS) is 14.3. The Hall–Kier alpha value is -2.95. The maximum Gasteiger partial charge on any atom is 0.254 e. The molecule has 1 saturated heterocycles. The molecule has 3 nitrogen and oxygen atoms in total. The van der Waals surface area contributed by atoms with Crippen LogP contribution in [0.4, 0.5) is 20.2 Å². The van der Waals surface area contributed by atoms with E-state index in [1.807, 2.05) is 30.0 Å². The van der Waals surface area contributed by atoms with Gasteiger partial charge in [-0.3, -0.25) is 4.79 Å². The highest BCUT2D eigenvalue weighted by Gasteiger charge is 2.22. The average molecular weight is 380 g/mol. The summed E-state index contributed by atoms with van der Waals surface area (Å²) >= 11 is 0. The summed E-state index contributed by atoms with van der Waals surface area (Å²) in [4.78, 5) is 15.0. The highest BCUT2D eigenvalue weighted by molar-refractivity contribution is 6.11. The van der Waals surface area contributed by atoms with Gasteiger partial charge in [0, 0.05) is 29.7 Å². The molecule has 1 fully saturated rings. The second kappa shape index (κ2) is 7.58. The number of benzene rings is 3. The predicted molar refractivity (Wildman–Crippen MR) is 108 cm³/mol. The van der Waals surface area contributed by atoms with E-state index in [4.69, 9.17) is 0 Å². The Morgan fingerprint density at radius 3 is 2.46 bits per heavy atom. The molecule has 1 N–H and O–H groups in total. The maximum absolute atomic E-state index is 14.1. The number of hydrogen-bond donors (Lipinski definition) is 1. The first-order valence-corrected chi connectivity index (χ1v) is 9.59. The van der Waals surface area contributed by atoms with Crippen molar-refractivity contribution in [1.82, 2.24) is 4.90 Å². The van der Waals surface area contributed by atoms with Crippen LogP contribution >= 0.6 is 0 Å². The first kappa shape index (κ1) is 18.4. The topological polar surface area (TPSA) is 32.3 Å². The van der Waals surface area contributed by atoms with E-state index < -0.39 is 11.6 Å². The molecule has 1 aliphatic heterocycles. The molecular weight excluding hydrogens is 358 g/mol. The summed E-state index contributed by atoms with van der Waals surface area (Å²) in [6.45, 7) is 3.52. The predicted octanol–water partition coefficient (Wildman–Crippen LogP) is 5.80. The van der Waals surface area contributed by atoms with Crippen molar-refractivity contribution >= 4 is 28.1 Å². The van der Waals surface area contributed by atoms with Crippen molar-refractivity contribution < 1.29 is 13.6 Å². The number of nitrogens with zero attached hydrogens (tertiary/aromatic N) is 1. The van der Waals surface area contributed by atoms with Gasteiger partial charge in [0.15, 0.2) is 11.6 Å². The molecular formula is C23H22F2N2O. The minimum atomic E-state index is -0.920. The summed E-state index contributed by atoms with van der Waals surface area (Å²) in [5, 5.41) is 4.65. The van der Waals surface area contributed by atoms with Crippen molar-refractivity contribution in [1.29, 1.82) is 0 Å². The molecule has 0 unspecified atom stereocenters. The Labute approximate surface area is 163 Å². The van der Waals surface area contributed by atoms with Crippen LogP contribution in [0.2, 0.25) is 0 Å². The summed E-state index contributed by atoms with van der Waals surface area (Å²) in [5.41, 5.74) is 2.33. The first-order chi connectivity index (χ1) is 13.6. The Balaban J connectivity index is 1.79. The van der Waals surface area contributed by atoms with Crippen LogP contribution in [0.25, 0.3) is 10.8 Å². The quantitative estimate of drug-likeness (QED) is 0.623. The number of fused-ring (bicyclic) bond motifs is 1. The van der Waals surface area contributed by atoms with Crippen LogP contribution in [0.5, 0.6) is 0 Å². The molecule has 1 heterocycles. The van der Waals surface area contributed by atoms with E-state index in [9.17, 15) is 13.6 Å². The minimum absolute atomic E-state index is 0.0301. The second-order valence-electron chi connectivity index (χ2n) is 7.24. The number of anilines is 2. The monoisotopic (exact) mass is 380 g/mol. The number of amides is 1. The van der Waals surface area contributed by atoms with Gasteiger partial charge in [0.2, 0.25) is 0 Å². The van der Waals surface area contributed by atoms with Crippen LogP contribution in [0.1, 0.15) is 35.2 Å². The summed E-state index contributed by atoms with van der Waals surface area (Å²) in [6, 6.07) is 13.4. The number of carbonyl (C=O) groups is 1. The molecule has 1 aliphatic rings. The molecule has 3 aromatic carbocycles. The summed E-state index contributed by atoms with van der Waals surface area (Å²) < 4.78 is 27.7. The van der Waals surface area contributed by atoms with Gasteiger partial charge in [0.25, 0.3) is 5.91 Å². The Kier molecular flexibility index (Phi) is 4.99.